The van der Waals surface area contributed by atoms with Crippen molar-refractivity contribution in [2.45, 2.75) is 38.8 Å². The zero-order valence-electron chi connectivity index (χ0n) is 12.6. The van der Waals surface area contributed by atoms with Crippen molar-refractivity contribution in [3.63, 3.8) is 0 Å². The van der Waals surface area contributed by atoms with Gasteiger partial charge in [-0.15, -0.1) is 0 Å². The Hall–Kier alpha value is -1.80. The Morgan fingerprint density at radius 1 is 1.14 bits per heavy atom. The molecule has 1 N–H and O–H groups in total. The van der Waals surface area contributed by atoms with Crippen LogP contribution < -0.4 is 10.1 Å². The Balaban J connectivity index is 1.71. The van der Waals surface area contributed by atoms with Gasteiger partial charge < -0.3 is 10.1 Å². The number of fused-ring (bicyclic) bond motifs is 1. The number of ether oxygens (including phenoxy) is 1. The average molecular weight is 281 g/mol. The van der Waals surface area contributed by atoms with Crippen molar-refractivity contribution in [2.75, 3.05) is 6.54 Å². The molecule has 110 valence electrons. The van der Waals surface area contributed by atoms with Gasteiger partial charge in [-0.25, -0.2) is 0 Å². The molecule has 0 amide bonds. The van der Waals surface area contributed by atoms with Gasteiger partial charge in [-0.05, 0) is 48.2 Å². The predicted molar refractivity (Wildman–Crippen MR) is 86.6 cm³/mol. The number of hydrogen-bond acceptors (Lipinski definition) is 2. The van der Waals surface area contributed by atoms with Crippen LogP contribution in [0.4, 0.5) is 0 Å². The number of benzene rings is 2. The fraction of sp³-hybridized carbons (Fsp3) is 0.368. The molecule has 0 radical (unpaired) electrons. The first kappa shape index (κ1) is 14.2. The molecule has 2 aromatic rings. The van der Waals surface area contributed by atoms with Gasteiger partial charge in [0.2, 0.25) is 0 Å². The van der Waals surface area contributed by atoms with Crippen LogP contribution in [-0.2, 0) is 13.0 Å². The van der Waals surface area contributed by atoms with E-state index < -0.39 is 0 Å². The van der Waals surface area contributed by atoms with Gasteiger partial charge in [0.1, 0.15) is 12.4 Å². The first-order chi connectivity index (χ1) is 10.4. The van der Waals surface area contributed by atoms with E-state index in [4.69, 9.17) is 4.74 Å². The molecule has 2 aromatic carbocycles. The molecule has 0 saturated heterocycles. The Morgan fingerprint density at radius 2 is 2.00 bits per heavy atom. The average Bonchev–Trinajstić information content (AvgIpc) is 2.54. The van der Waals surface area contributed by atoms with E-state index in [0.717, 1.165) is 18.7 Å². The number of rotatable bonds is 5. The van der Waals surface area contributed by atoms with Gasteiger partial charge in [0.05, 0.1) is 0 Å². The van der Waals surface area contributed by atoms with Crippen LogP contribution in [0.5, 0.6) is 5.75 Å². The van der Waals surface area contributed by atoms with Crippen molar-refractivity contribution in [3.05, 3.63) is 65.2 Å². The molecule has 0 fully saturated rings. The summed E-state index contributed by atoms with van der Waals surface area (Å²) in [6.07, 6.45) is 3.51. The minimum atomic E-state index is 0.516. The minimum absolute atomic E-state index is 0.516. The highest BCUT2D eigenvalue weighted by Crippen LogP contribution is 2.29. The fourth-order valence-corrected chi connectivity index (χ4v) is 3.01. The van der Waals surface area contributed by atoms with Crippen molar-refractivity contribution < 1.29 is 4.74 Å². The summed E-state index contributed by atoms with van der Waals surface area (Å²) in [5, 5.41) is 3.61. The van der Waals surface area contributed by atoms with Crippen LogP contribution in [-0.4, -0.2) is 6.54 Å². The van der Waals surface area contributed by atoms with Crippen molar-refractivity contribution in [1.82, 2.24) is 5.32 Å². The van der Waals surface area contributed by atoms with Crippen molar-refractivity contribution in [3.8, 4) is 5.75 Å². The Morgan fingerprint density at radius 3 is 2.81 bits per heavy atom. The normalized spacial score (nSPS) is 17.3. The third kappa shape index (κ3) is 3.45. The Labute approximate surface area is 127 Å². The summed E-state index contributed by atoms with van der Waals surface area (Å²) in [5.74, 6) is 0.981. The molecule has 0 aliphatic carbocycles. The van der Waals surface area contributed by atoms with E-state index in [-0.39, 0.29) is 0 Å². The number of nitrogens with one attached hydrogen (secondary N) is 1. The highest BCUT2D eigenvalue weighted by molar-refractivity contribution is 5.39. The van der Waals surface area contributed by atoms with Crippen LogP contribution in [0.1, 0.15) is 42.5 Å². The van der Waals surface area contributed by atoms with E-state index in [1.54, 1.807) is 0 Å². The fourth-order valence-electron chi connectivity index (χ4n) is 3.01. The lowest BCUT2D eigenvalue weighted by atomic mass is 9.91. The van der Waals surface area contributed by atoms with Crippen LogP contribution >= 0.6 is 0 Å². The van der Waals surface area contributed by atoms with Crippen LogP contribution in [0.25, 0.3) is 0 Å². The minimum Gasteiger partial charge on any atom is -0.489 e. The molecular formula is C19H23NO. The largest absolute Gasteiger partial charge is 0.489 e. The van der Waals surface area contributed by atoms with Crippen LogP contribution in [0.15, 0.2) is 48.5 Å². The molecule has 0 spiro atoms. The highest BCUT2D eigenvalue weighted by Gasteiger charge is 2.19. The molecular weight excluding hydrogens is 258 g/mol. The molecule has 1 unspecified atom stereocenters. The van der Waals surface area contributed by atoms with Gasteiger partial charge in [0.15, 0.2) is 0 Å². The maximum atomic E-state index is 5.93. The van der Waals surface area contributed by atoms with Crippen LogP contribution in [0, 0.1) is 0 Å². The summed E-state index contributed by atoms with van der Waals surface area (Å²) in [6, 6.07) is 17.4. The summed E-state index contributed by atoms with van der Waals surface area (Å²) in [4.78, 5) is 0. The second-order valence-corrected chi connectivity index (χ2v) is 5.68. The topological polar surface area (TPSA) is 21.3 Å². The van der Waals surface area contributed by atoms with E-state index in [0.29, 0.717) is 12.6 Å². The molecule has 0 bridgehead atoms. The van der Waals surface area contributed by atoms with Gasteiger partial charge in [-0.3, -0.25) is 0 Å². The molecule has 0 saturated carbocycles. The van der Waals surface area contributed by atoms with E-state index in [9.17, 15) is 0 Å². The summed E-state index contributed by atoms with van der Waals surface area (Å²) in [5.41, 5.74) is 4.11. The predicted octanol–water partition coefficient (Wildman–Crippen LogP) is 4.25. The van der Waals surface area contributed by atoms with Crippen molar-refractivity contribution in [2.24, 2.45) is 0 Å². The monoisotopic (exact) mass is 281 g/mol. The lowest BCUT2D eigenvalue weighted by Gasteiger charge is -2.27. The van der Waals surface area contributed by atoms with Gasteiger partial charge >= 0.3 is 0 Å². The molecule has 1 heterocycles. The standard InChI is InChI=1S/C19H23NO/c1-2-6-19-18-10-9-17(13-16(18)11-12-20-19)21-14-15-7-4-3-5-8-15/h3-5,7-10,13,19-20H,2,6,11-12,14H2,1H3. The van der Waals surface area contributed by atoms with Gasteiger partial charge in [0.25, 0.3) is 0 Å². The first-order valence-electron chi connectivity index (χ1n) is 7.89. The maximum Gasteiger partial charge on any atom is 0.120 e. The van der Waals surface area contributed by atoms with Gasteiger partial charge in [-0.1, -0.05) is 49.7 Å². The van der Waals surface area contributed by atoms with E-state index >= 15 is 0 Å². The lowest BCUT2D eigenvalue weighted by molar-refractivity contribution is 0.305. The Bertz CT molecular complexity index is 579. The number of hydrogen-bond donors (Lipinski definition) is 1. The quantitative estimate of drug-likeness (QED) is 0.884. The van der Waals surface area contributed by atoms with E-state index in [1.165, 1.54) is 29.5 Å². The van der Waals surface area contributed by atoms with Gasteiger partial charge in [0, 0.05) is 6.04 Å². The zero-order chi connectivity index (χ0) is 14.5. The van der Waals surface area contributed by atoms with E-state index in [2.05, 4.69) is 42.6 Å². The van der Waals surface area contributed by atoms with Gasteiger partial charge in [-0.2, -0.15) is 0 Å². The Kier molecular flexibility index (Phi) is 4.56. The molecule has 0 aromatic heterocycles. The molecule has 2 nitrogen and oxygen atoms in total. The third-order valence-electron chi connectivity index (χ3n) is 4.10. The zero-order valence-corrected chi connectivity index (χ0v) is 12.6. The molecule has 1 aliphatic heterocycles. The second-order valence-electron chi connectivity index (χ2n) is 5.68. The molecule has 3 rings (SSSR count). The summed E-state index contributed by atoms with van der Waals surface area (Å²) in [6.45, 7) is 3.95. The third-order valence-corrected chi connectivity index (χ3v) is 4.10. The smallest absolute Gasteiger partial charge is 0.120 e. The summed E-state index contributed by atoms with van der Waals surface area (Å²) in [7, 11) is 0. The lowest BCUT2D eigenvalue weighted by Crippen LogP contribution is -2.29. The molecule has 1 aliphatic rings. The highest BCUT2D eigenvalue weighted by atomic mass is 16.5. The molecule has 2 heteroatoms. The van der Waals surface area contributed by atoms with Crippen molar-refractivity contribution >= 4 is 0 Å². The molecule has 21 heavy (non-hydrogen) atoms. The van der Waals surface area contributed by atoms with Crippen LogP contribution in [0.2, 0.25) is 0 Å². The maximum absolute atomic E-state index is 5.93. The first-order valence-corrected chi connectivity index (χ1v) is 7.89. The van der Waals surface area contributed by atoms with E-state index in [1.807, 2.05) is 18.2 Å². The van der Waals surface area contributed by atoms with Crippen molar-refractivity contribution in [1.29, 1.82) is 0 Å². The summed E-state index contributed by atoms with van der Waals surface area (Å²) >= 11 is 0. The van der Waals surface area contributed by atoms with Crippen LogP contribution in [0.3, 0.4) is 0 Å². The second kappa shape index (κ2) is 6.77. The SMILES string of the molecule is CCCC1NCCc2cc(OCc3ccccc3)ccc21. The molecule has 1 atom stereocenters. The summed E-state index contributed by atoms with van der Waals surface area (Å²) < 4.78 is 5.93.